The second-order valence-electron chi connectivity index (χ2n) is 12.8. The topological polar surface area (TPSA) is 231 Å². The van der Waals surface area contributed by atoms with Crippen molar-refractivity contribution in [3.05, 3.63) is 12.2 Å². The predicted octanol–water partition coefficient (Wildman–Crippen LogP) is 0.749. The Morgan fingerprint density at radius 1 is 0.673 bits per heavy atom. The maximum atomic E-state index is 12.6. The van der Waals surface area contributed by atoms with Crippen LogP contribution >= 0.6 is 0 Å². The van der Waals surface area contributed by atoms with Crippen molar-refractivity contribution >= 4 is 11.9 Å². The van der Waals surface area contributed by atoms with Crippen LogP contribution in [0.15, 0.2) is 12.2 Å². The minimum absolute atomic E-state index is 0.152. The van der Waals surface area contributed by atoms with Crippen LogP contribution in [0.3, 0.4) is 0 Å². The molecule has 286 valence electrons. The van der Waals surface area contributed by atoms with E-state index in [1.807, 2.05) is 0 Å². The van der Waals surface area contributed by atoms with Gasteiger partial charge in [-0.15, -0.1) is 0 Å². The third-order valence-electron chi connectivity index (χ3n) is 8.55. The lowest BCUT2D eigenvalue weighted by Gasteiger charge is -2.42. The van der Waals surface area contributed by atoms with Gasteiger partial charge in [0.05, 0.1) is 19.8 Å². The maximum Gasteiger partial charge on any atom is 0.306 e. The molecule has 15 heteroatoms. The van der Waals surface area contributed by atoms with E-state index >= 15 is 0 Å². The van der Waals surface area contributed by atoms with Gasteiger partial charge in [-0.3, -0.25) is 9.59 Å². The van der Waals surface area contributed by atoms with E-state index in [1.165, 1.54) is 39.0 Å². The molecule has 2 rings (SSSR count). The minimum Gasteiger partial charge on any atom is -0.462 e. The molecule has 0 aromatic heterocycles. The Morgan fingerprint density at radius 3 is 1.80 bits per heavy atom. The van der Waals surface area contributed by atoms with E-state index in [1.54, 1.807) is 0 Å². The molecule has 0 radical (unpaired) electrons. The normalized spacial score (nSPS) is 31.1. The smallest absolute Gasteiger partial charge is 0.306 e. The molecule has 0 aromatic rings. The van der Waals surface area contributed by atoms with Crippen LogP contribution in [-0.4, -0.2) is 142 Å². The molecule has 0 aromatic carbocycles. The molecule has 2 aliphatic heterocycles. The first kappa shape index (κ1) is 43.4. The lowest BCUT2D eigenvalue weighted by molar-refractivity contribution is -0.332. The van der Waals surface area contributed by atoms with Gasteiger partial charge < -0.3 is 64.2 Å². The molecule has 15 nitrogen and oxygen atoms in total. The number of esters is 2. The summed E-state index contributed by atoms with van der Waals surface area (Å²) < 4.78 is 32.3. The number of allylic oxidation sites excluding steroid dienone is 2. The highest BCUT2D eigenvalue weighted by molar-refractivity contribution is 5.69. The molecule has 0 spiro atoms. The number of hydrogen-bond acceptors (Lipinski definition) is 15. The van der Waals surface area contributed by atoms with Crippen molar-refractivity contribution in [2.24, 2.45) is 0 Å². The van der Waals surface area contributed by atoms with E-state index in [0.29, 0.717) is 6.42 Å². The number of unbranched alkanes of at least 4 members (excludes halogenated alkanes) is 10. The third kappa shape index (κ3) is 16.0. The van der Waals surface area contributed by atoms with Crippen LogP contribution in [0.4, 0.5) is 0 Å². The molecule has 11 unspecified atom stereocenters. The zero-order valence-electron chi connectivity index (χ0n) is 28.9. The van der Waals surface area contributed by atoms with Gasteiger partial charge in [0.15, 0.2) is 18.7 Å². The Hall–Kier alpha value is -1.76. The molecule has 2 fully saturated rings. The molecule has 2 saturated heterocycles. The first-order valence-electron chi connectivity index (χ1n) is 17.7. The first-order valence-corrected chi connectivity index (χ1v) is 17.7. The number of aliphatic hydroxyl groups excluding tert-OH is 7. The molecule has 0 amide bonds. The van der Waals surface area contributed by atoms with Crippen LogP contribution in [0, 0.1) is 0 Å². The fourth-order valence-corrected chi connectivity index (χ4v) is 5.52. The zero-order valence-corrected chi connectivity index (χ0v) is 28.9. The highest BCUT2D eigenvalue weighted by Gasteiger charge is 2.47. The largest absolute Gasteiger partial charge is 0.462 e. The quantitative estimate of drug-likeness (QED) is 0.0417. The third-order valence-corrected chi connectivity index (χ3v) is 8.55. The van der Waals surface area contributed by atoms with Crippen molar-refractivity contribution in [3.8, 4) is 0 Å². The van der Waals surface area contributed by atoms with Gasteiger partial charge in [-0.25, -0.2) is 0 Å². The van der Waals surface area contributed by atoms with Gasteiger partial charge in [0.2, 0.25) is 0 Å². The monoisotopic (exact) mass is 708 g/mol. The summed E-state index contributed by atoms with van der Waals surface area (Å²) in [5.74, 6) is -1.13. The Labute approximate surface area is 289 Å². The van der Waals surface area contributed by atoms with Gasteiger partial charge in [0.1, 0.15) is 55.4 Å². The number of carbonyl (C=O) groups is 2. The molecule has 0 aliphatic carbocycles. The van der Waals surface area contributed by atoms with Crippen molar-refractivity contribution in [1.29, 1.82) is 0 Å². The molecule has 49 heavy (non-hydrogen) atoms. The summed E-state index contributed by atoms with van der Waals surface area (Å²) in [6.45, 7) is 1.48. The minimum atomic E-state index is -1.76. The summed E-state index contributed by atoms with van der Waals surface area (Å²) in [6, 6.07) is 0. The van der Waals surface area contributed by atoms with E-state index < -0.39 is 99.3 Å². The number of aliphatic hydroxyl groups is 7. The predicted molar refractivity (Wildman–Crippen MR) is 174 cm³/mol. The number of rotatable bonds is 24. The van der Waals surface area contributed by atoms with Crippen molar-refractivity contribution in [1.82, 2.24) is 0 Å². The van der Waals surface area contributed by atoms with Crippen LogP contribution in [0.25, 0.3) is 0 Å². The number of ether oxygens (including phenoxy) is 6. The summed E-state index contributed by atoms with van der Waals surface area (Å²) in [5, 5.41) is 70.8. The molecule has 0 saturated carbocycles. The summed E-state index contributed by atoms with van der Waals surface area (Å²) in [7, 11) is 0. The van der Waals surface area contributed by atoms with Gasteiger partial charge in [0.25, 0.3) is 0 Å². The summed E-state index contributed by atoms with van der Waals surface area (Å²) in [4.78, 5) is 24.0. The molecule has 7 N–H and O–H groups in total. The van der Waals surface area contributed by atoms with Crippen LogP contribution in [0.2, 0.25) is 0 Å². The van der Waals surface area contributed by atoms with E-state index in [-0.39, 0.29) is 13.0 Å². The standard InChI is InChI=1S/C34H60O15/c1-3-4-5-6-7-8-9-10-11-12-13-14-15-16-17-26(37)47-23(19-44-22(2)36)20-45-33-32(43)30(41)28(39)25(49-33)21-46-34-31(42)29(40)27(38)24(18-35)48-34/h9-10,23-25,27-35,38-43H,3-8,11-21H2,1-2H3/b10-9-. The van der Waals surface area contributed by atoms with Crippen molar-refractivity contribution in [3.63, 3.8) is 0 Å². The van der Waals surface area contributed by atoms with Gasteiger partial charge in [-0.05, 0) is 32.1 Å². The lowest BCUT2D eigenvalue weighted by atomic mass is 9.98. The molecule has 11 atom stereocenters. The van der Waals surface area contributed by atoms with Gasteiger partial charge in [-0.2, -0.15) is 0 Å². The summed E-state index contributed by atoms with van der Waals surface area (Å²) in [6.07, 6.45) is 1.07. The fourth-order valence-electron chi connectivity index (χ4n) is 5.52. The van der Waals surface area contributed by atoms with Gasteiger partial charge >= 0.3 is 11.9 Å². The van der Waals surface area contributed by atoms with Crippen LogP contribution < -0.4 is 0 Å². The molecular weight excluding hydrogens is 648 g/mol. The summed E-state index contributed by atoms with van der Waals surface area (Å²) >= 11 is 0. The summed E-state index contributed by atoms with van der Waals surface area (Å²) in [5.41, 5.74) is 0. The highest BCUT2D eigenvalue weighted by atomic mass is 16.7. The number of hydrogen-bond donors (Lipinski definition) is 7. The van der Waals surface area contributed by atoms with Crippen LogP contribution in [-0.2, 0) is 38.0 Å². The van der Waals surface area contributed by atoms with Crippen molar-refractivity contribution in [2.45, 2.75) is 165 Å². The molecule has 2 aliphatic rings. The van der Waals surface area contributed by atoms with Gasteiger partial charge in [0, 0.05) is 13.3 Å². The van der Waals surface area contributed by atoms with Crippen LogP contribution in [0.5, 0.6) is 0 Å². The van der Waals surface area contributed by atoms with Crippen LogP contribution in [0.1, 0.15) is 97.3 Å². The second-order valence-corrected chi connectivity index (χ2v) is 12.8. The number of carbonyl (C=O) groups excluding carboxylic acids is 2. The zero-order chi connectivity index (χ0) is 36.2. The SMILES string of the molecule is CCCCCCC/C=C\CCCCCCCC(=O)OC(COC(C)=O)COC1OC(COC2OC(CO)C(O)C(O)C2O)C(O)C(O)C1O. The lowest BCUT2D eigenvalue weighted by Crippen LogP contribution is -2.61. The highest BCUT2D eigenvalue weighted by Crippen LogP contribution is 2.26. The van der Waals surface area contributed by atoms with Crippen molar-refractivity contribution < 1.29 is 73.8 Å². The fraction of sp³-hybridized carbons (Fsp3) is 0.882. The molecule has 0 bridgehead atoms. The van der Waals surface area contributed by atoms with Gasteiger partial charge in [-0.1, -0.05) is 64.0 Å². The first-order chi connectivity index (χ1) is 23.5. The average Bonchev–Trinajstić information content (AvgIpc) is 3.08. The molecular formula is C34H60O15. The van der Waals surface area contributed by atoms with E-state index in [4.69, 9.17) is 28.4 Å². The van der Waals surface area contributed by atoms with E-state index in [2.05, 4.69) is 19.1 Å². The Kier molecular flexibility index (Phi) is 21.6. The van der Waals surface area contributed by atoms with E-state index in [9.17, 15) is 45.3 Å². The molecule has 2 heterocycles. The Bertz CT molecular complexity index is 933. The Morgan fingerprint density at radius 2 is 1.20 bits per heavy atom. The second kappa shape index (κ2) is 24.4. The Balaban J connectivity index is 1.76. The average molecular weight is 709 g/mol. The maximum absolute atomic E-state index is 12.6. The van der Waals surface area contributed by atoms with Crippen molar-refractivity contribution in [2.75, 3.05) is 26.4 Å². The van der Waals surface area contributed by atoms with E-state index in [0.717, 1.165) is 38.5 Å².